The van der Waals surface area contributed by atoms with Gasteiger partial charge in [-0.05, 0) is 36.4 Å². The van der Waals surface area contributed by atoms with E-state index in [-0.39, 0.29) is 5.91 Å². The van der Waals surface area contributed by atoms with Gasteiger partial charge in [0.15, 0.2) is 0 Å². The van der Waals surface area contributed by atoms with Crippen molar-refractivity contribution in [1.82, 2.24) is 24.9 Å². The Morgan fingerprint density at radius 3 is 2.66 bits per heavy atom. The molecular formula is C20H21N5O3S. The van der Waals surface area contributed by atoms with Crippen molar-refractivity contribution in [2.75, 3.05) is 33.3 Å². The number of H-pyrrole nitrogens is 1. The highest BCUT2D eigenvalue weighted by Crippen LogP contribution is 2.20. The summed E-state index contributed by atoms with van der Waals surface area (Å²) in [5, 5.41) is 4.07. The molecule has 1 amide bonds. The number of amides is 1. The van der Waals surface area contributed by atoms with Crippen molar-refractivity contribution in [2.45, 2.75) is 6.54 Å². The van der Waals surface area contributed by atoms with Crippen LogP contribution in [-0.4, -0.2) is 64.1 Å². The quantitative estimate of drug-likeness (QED) is 0.646. The van der Waals surface area contributed by atoms with E-state index in [0.29, 0.717) is 41.6 Å². The molecule has 2 aromatic heterocycles. The van der Waals surface area contributed by atoms with Gasteiger partial charge in [-0.1, -0.05) is 17.4 Å². The van der Waals surface area contributed by atoms with Gasteiger partial charge in [0, 0.05) is 37.9 Å². The lowest BCUT2D eigenvalue weighted by Gasteiger charge is -2.33. The number of ether oxygens (including phenoxy) is 1. The monoisotopic (exact) mass is 411 g/mol. The van der Waals surface area contributed by atoms with Crippen LogP contribution in [0.1, 0.15) is 16.2 Å². The SMILES string of the molecule is COc1ccc(-c2noc(CN3CCN(C(=O)c4ccc[nH]c4=S)CC3)n2)cc1. The van der Waals surface area contributed by atoms with E-state index in [2.05, 4.69) is 20.0 Å². The van der Waals surface area contributed by atoms with Crippen LogP contribution in [0.5, 0.6) is 5.75 Å². The van der Waals surface area contributed by atoms with Gasteiger partial charge in [0.2, 0.25) is 11.7 Å². The molecule has 0 unspecified atom stereocenters. The molecule has 1 aliphatic rings. The number of aromatic nitrogens is 3. The lowest BCUT2D eigenvalue weighted by atomic mass is 10.2. The fourth-order valence-corrected chi connectivity index (χ4v) is 3.46. The molecule has 150 valence electrons. The van der Waals surface area contributed by atoms with E-state index in [4.69, 9.17) is 21.5 Å². The number of pyridine rings is 1. The van der Waals surface area contributed by atoms with Crippen molar-refractivity contribution in [1.29, 1.82) is 0 Å². The van der Waals surface area contributed by atoms with Crippen molar-refractivity contribution in [3.63, 3.8) is 0 Å². The third-order valence-corrected chi connectivity index (χ3v) is 5.22. The summed E-state index contributed by atoms with van der Waals surface area (Å²) in [7, 11) is 1.63. The van der Waals surface area contributed by atoms with E-state index in [1.165, 1.54) is 0 Å². The summed E-state index contributed by atoms with van der Waals surface area (Å²) in [6, 6.07) is 11.1. The Morgan fingerprint density at radius 1 is 1.21 bits per heavy atom. The third kappa shape index (κ3) is 4.36. The van der Waals surface area contributed by atoms with Crippen LogP contribution >= 0.6 is 12.2 Å². The first-order valence-corrected chi connectivity index (χ1v) is 9.71. The van der Waals surface area contributed by atoms with Gasteiger partial charge in [0.05, 0.1) is 19.2 Å². The molecule has 0 radical (unpaired) electrons. The van der Waals surface area contributed by atoms with Gasteiger partial charge in [-0.15, -0.1) is 0 Å². The summed E-state index contributed by atoms with van der Waals surface area (Å²) in [5.74, 6) is 1.85. The Bertz CT molecular complexity index is 1040. The lowest BCUT2D eigenvalue weighted by molar-refractivity contribution is 0.0614. The fourth-order valence-electron chi connectivity index (χ4n) is 3.24. The summed E-state index contributed by atoms with van der Waals surface area (Å²) in [4.78, 5) is 24.1. The predicted octanol–water partition coefficient (Wildman–Crippen LogP) is 2.76. The highest BCUT2D eigenvalue weighted by Gasteiger charge is 2.24. The van der Waals surface area contributed by atoms with Gasteiger partial charge in [-0.25, -0.2) is 0 Å². The van der Waals surface area contributed by atoms with E-state index in [1.54, 1.807) is 25.4 Å². The van der Waals surface area contributed by atoms with Crippen molar-refractivity contribution in [3.05, 3.63) is 58.7 Å². The van der Waals surface area contributed by atoms with Gasteiger partial charge in [-0.3, -0.25) is 9.69 Å². The van der Waals surface area contributed by atoms with Gasteiger partial charge in [0.25, 0.3) is 5.91 Å². The smallest absolute Gasteiger partial charge is 0.256 e. The molecule has 3 heterocycles. The molecule has 0 spiro atoms. The highest BCUT2D eigenvalue weighted by atomic mass is 32.1. The molecule has 1 aromatic carbocycles. The number of hydrogen-bond acceptors (Lipinski definition) is 7. The second kappa shape index (κ2) is 8.54. The Morgan fingerprint density at radius 2 is 1.97 bits per heavy atom. The highest BCUT2D eigenvalue weighted by molar-refractivity contribution is 7.71. The number of aromatic amines is 1. The third-order valence-electron chi connectivity index (χ3n) is 4.88. The molecule has 1 N–H and O–H groups in total. The zero-order chi connectivity index (χ0) is 20.2. The van der Waals surface area contributed by atoms with Crippen LogP contribution in [0.25, 0.3) is 11.4 Å². The molecule has 3 aromatic rings. The minimum Gasteiger partial charge on any atom is -0.497 e. The van der Waals surface area contributed by atoms with Crippen LogP contribution in [0.2, 0.25) is 0 Å². The van der Waals surface area contributed by atoms with Crippen LogP contribution in [-0.2, 0) is 6.54 Å². The summed E-state index contributed by atoms with van der Waals surface area (Å²) in [6.45, 7) is 3.27. The number of rotatable bonds is 5. The first kappa shape index (κ1) is 19.3. The molecule has 4 rings (SSSR count). The van der Waals surface area contributed by atoms with Gasteiger partial charge in [0.1, 0.15) is 10.4 Å². The first-order chi connectivity index (χ1) is 14.1. The lowest BCUT2D eigenvalue weighted by Crippen LogP contribution is -2.48. The Balaban J connectivity index is 1.34. The van der Waals surface area contributed by atoms with Crippen molar-refractivity contribution in [3.8, 4) is 17.1 Å². The second-order valence-electron chi connectivity index (χ2n) is 6.72. The average molecular weight is 411 g/mol. The largest absolute Gasteiger partial charge is 0.497 e. The number of hydrogen-bond donors (Lipinski definition) is 1. The van der Waals surface area contributed by atoms with Gasteiger partial charge in [-0.2, -0.15) is 4.98 Å². The van der Waals surface area contributed by atoms with Crippen LogP contribution in [0, 0.1) is 4.64 Å². The molecule has 1 fully saturated rings. The first-order valence-electron chi connectivity index (χ1n) is 9.30. The Hall–Kier alpha value is -3.04. The van der Waals surface area contributed by atoms with Crippen molar-refractivity contribution >= 4 is 18.1 Å². The molecule has 0 atom stereocenters. The van der Waals surface area contributed by atoms with E-state index in [9.17, 15) is 4.79 Å². The normalized spacial score (nSPS) is 14.7. The molecule has 1 aliphatic heterocycles. The average Bonchev–Trinajstić information content (AvgIpc) is 3.23. The molecule has 0 aliphatic carbocycles. The molecule has 29 heavy (non-hydrogen) atoms. The maximum absolute atomic E-state index is 12.7. The number of nitrogens with one attached hydrogen (secondary N) is 1. The fraction of sp³-hybridized carbons (Fsp3) is 0.300. The number of methoxy groups -OCH3 is 1. The van der Waals surface area contributed by atoms with Crippen molar-refractivity contribution < 1.29 is 14.1 Å². The number of carbonyl (C=O) groups excluding carboxylic acids is 1. The maximum Gasteiger partial charge on any atom is 0.256 e. The standard InChI is InChI=1S/C20H21N5O3S/c1-27-15-6-4-14(5-7-15)18-22-17(28-23-18)13-24-9-11-25(12-10-24)20(26)16-3-2-8-21-19(16)29/h2-8H,9-13H2,1H3,(H,21,29). The van der Waals surface area contributed by atoms with Gasteiger partial charge >= 0.3 is 0 Å². The maximum atomic E-state index is 12.7. The molecule has 0 bridgehead atoms. The number of benzene rings is 1. The zero-order valence-electron chi connectivity index (χ0n) is 16.0. The van der Waals surface area contributed by atoms with Crippen molar-refractivity contribution in [2.24, 2.45) is 0 Å². The van der Waals surface area contributed by atoms with Crippen LogP contribution in [0.15, 0.2) is 47.1 Å². The summed E-state index contributed by atoms with van der Waals surface area (Å²) in [5.41, 5.74) is 1.41. The number of piperazine rings is 1. The minimum absolute atomic E-state index is 0.0360. The molecular weight excluding hydrogens is 390 g/mol. The Kier molecular flexibility index (Phi) is 5.68. The molecule has 1 saturated heterocycles. The molecule has 9 heteroatoms. The van der Waals surface area contributed by atoms with Crippen LogP contribution in [0.3, 0.4) is 0 Å². The van der Waals surface area contributed by atoms with E-state index in [0.717, 1.165) is 24.4 Å². The van der Waals surface area contributed by atoms with E-state index >= 15 is 0 Å². The van der Waals surface area contributed by atoms with E-state index < -0.39 is 0 Å². The zero-order valence-corrected chi connectivity index (χ0v) is 16.8. The molecule has 0 saturated carbocycles. The summed E-state index contributed by atoms with van der Waals surface area (Å²) < 4.78 is 11.0. The summed E-state index contributed by atoms with van der Waals surface area (Å²) in [6.07, 6.45) is 1.72. The topological polar surface area (TPSA) is 87.5 Å². The van der Waals surface area contributed by atoms with Crippen LogP contribution in [0.4, 0.5) is 0 Å². The number of carbonyl (C=O) groups is 1. The minimum atomic E-state index is -0.0360. The predicted molar refractivity (Wildman–Crippen MR) is 109 cm³/mol. The van der Waals surface area contributed by atoms with Crippen LogP contribution < -0.4 is 4.74 Å². The van der Waals surface area contributed by atoms with Gasteiger partial charge < -0.3 is 19.1 Å². The second-order valence-corrected chi connectivity index (χ2v) is 7.13. The number of nitrogens with zero attached hydrogens (tertiary/aromatic N) is 4. The Labute approximate surface area is 173 Å². The van der Waals surface area contributed by atoms with E-state index in [1.807, 2.05) is 29.2 Å². The summed E-state index contributed by atoms with van der Waals surface area (Å²) >= 11 is 5.22. The molecule has 8 nitrogen and oxygen atoms in total.